The van der Waals surface area contributed by atoms with Crippen LogP contribution in [0.25, 0.3) is 84.1 Å². The van der Waals surface area contributed by atoms with Gasteiger partial charge in [0.15, 0.2) is 0 Å². The van der Waals surface area contributed by atoms with Crippen molar-refractivity contribution in [3.05, 3.63) is 130 Å². The summed E-state index contributed by atoms with van der Waals surface area (Å²) in [6.07, 6.45) is 41.0. The topological polar surface area (TPSA) is 283 Å². The molecule has 0 aromatic carbocycles. The Labute approximate surface area is 562 Å². The Hall–Kier alpha value is -9.16. The SMILES string of the molecule is CCC(CC)n1cc(-c2nc(-c3cnn(CC4(CO)COC4)c3)cn3nccc23)cn1.CCC(CC)n1cc(-c2nc(-c3cnn(CCN4CC[C@@H](O)C4)c3)cn3nccc23)cn1.CCC(CC)n1cc(-c2nc(-c3cnn(C[C@H](O)CN4CC(OC)C4)c3)cn3nccc23)cn1. The third kappa shape index (κ3) is 14.6. The largest absolute Gasteiger partial charge is 0.396 e. The lowest BCUT2D eigenvalue weighted by atomic mass is 9.87. The van der Waals surface area contributed by atoms with E-state index in [2.05, 4.69) is 116 Å². The van der Waals surface area contributed by atoms with Crippen molar-refractivity contribution in [2.24, 2.45) is 5.41 Å². The van der Waals surface area contributed by atoms with Crippen LogP contribution in [0.3, 0.4) is 0 Å². The fourth-order valence-electron chi connectivity index (χ4n) is 13.2. The Balaban J connectivity index is 0.000000131. The Morgan fingerprint density at radius 1 is 0.495 bits per heavy atom. The van der Waals surface area contributed by atoms with Crippen molar-refractivity contribution < 1.29 is 24.8 Å². The van der Waals surface area contributed by atoms with Gasteiger partial charge in [-0.05, 0) is 63.1 Å². The van der Waals surface area contributed by atoms with E-state index < -0.39 is 6.10 Å². The van der Waals surface area contributed by atoms with E-state index in [1.807, 2.05) is 117 Å². The molecule has 3 aliphatic rings. The van der Waals surface area contributed by atoms with Gasteiger partial charge < -0.3 is 24.8 Å². The summed E-state index contributed by atoms with van der Waals surface area (Å²) in [4.78, 5) is 19.4. The number of methoxy groups -OCH3 is 1. The van der Waals surface area contributed by atoms with Crippen LogP contribution < -0.4 is 0 Å². The van der Waals surface area contributed by atoms with Crippen molar-refractivity contribution in [2.75, 3.05) is 66.2 Å². The number of aromatic nitrogens is 21. The van der Waals surface area contributed by atoms with Crippen LogP contribution in [0.15, 0.2) is 130 Å². The molecule has 0 radical (unpaired) electrons. The van der Waals surface area contributed by atoms with Crippen molar-refractivity contribution in [3.63, 3.8) is 0 Å². The Kier molecular flexibility index (Phi) is 20.3. The standard InChI is InChI=1S/C24H32N8O2.C23H30N8O.C22H27N7O2/c1-4-19(5-2)31-11-18(9-27-31)24-23-6-7-25-32(23)16-22(28-24)17-8-26-30(10-17)13-20(33)12-29-14-21(15-29)34-3;1-3-19(4-2)30-14-18(12-26-30)23-22-5-7-24-31(22)16-21(27-23)17-11-25-29(13-17)10-9-28-8-6-20(32)15-28;1-3-18(4-2)28-10-17(8-25-28)21-20-5-6-23-29(20)11-19(26-21)16-7-24-27(9-16)12-22(13-30)14-31-15-22/h6-11,16,19-21,33H,4-5,12-15H2,1-3H3;5,7,11-14,16,19-20,32H,3-4,6,8-10,15H2,1-2H3;5-11,18,30H,3-4,12-15H2,1-2H3/t2*20-;/m11./s1. The molecule has 28 heteroatoms. The van der Waals surface area contributed by atoms with Gasteiger partial charge in [0, 0.05) is 117 Å². The zero-order valence-electron chi connectivity index (χ0n) is 56.5. The number of likely N-dealkylation sites (tertiary alicyclic amines) is 2. The minimum Gasteiger partial charge on any atom is -0.396 e. The predicted octanol–water partition coefficient (Wildman–Crippen LogP) is 8.22. The summed E-state index contributed by atoms with van der Waals surface area (Å²) in [5.74, 6) is 0. The molecule has 12 aromatic rings. The number of fused-ring (bicyclic) bond motifs is 3. The molecule has 97 heavy (non-hydrogen) atoms. The lowest BCUT2D eigenvalue weighted by molar-refractivity contribution is -0.146. The molecule has 0 unspecified atom stereocenters. The number of hydrogen-bond acceptors (Lipinski definition) is 19. The second-order valence-corrected chi connectivity index (χ2v) is 25.9. The molecule has 0 bridgehead atoms. The number of nitrogens with zero attached hydrogens (tertiary/aromatic N) is 23. The van der Waals surface area contributed by atoms with Crippen molar-refractivity contribution >= 4 is 16.6 Å². The molecule has 3 N–H and O–H groups in total. The summed E-state index contributed by atoms with van der Waals surface area (Å²) in [7, 11) is 1.73. The molecule has 2 atom stereocenters. The summed E-state index contributed by atoms with van der Waals surface area (Å²) < 4.78 is 27.8. The van der Waals surface area contributed by atoms with E-state index in [0.717, 1.165) is 168 Å². The number of hydrogen-bond donors (Lipinski definition) is 3. The summed E-state index contributed by atoms with van der Waals surface area (Å²) in [5.41, 5.74) is 13.2. The molecule has 510 valence electrons. The third-order valence-electron chi connectivity index (χ3n) is 19.2. The van der Waals surface area contributed by atoms with Crippen molar-refractivity contribution in [1.82, 2.24) is 112 Å². The first-order valence-electron chi connectivity index (χ1n) is 34.1. The molecule has 3 saturated heterocycles. The van der Waals surface area contributed by atoms with Gasteiger partial charge in [-0.15, -0.1) is 0 Å². The monoisotopic (exact) mass is 1320 g/mol. The van der Waals surface area contributed by atoms with Gasteiger partial charge in [0.05, 0.1) is 206 Å². The Bertz CT molecular complexity index is 4500. The molecular formula is C69H89N23O5. The maximum atomic E-state index is 10.5. The number of ether oxygens (including phenoxy) is 2. The maximum absolute atomic E-state index is 10.5. The zero-order valence-corrected chi connectivity index (χ0v) is 56.5. The lowest BCUT2D eigenvalue weighted by Gasteiger charge is -2.39. The molecule has 12 aromatic heterocycles. The highest BCUT2D eigenvalue weighted by atomic mass is 16.5. The number of aliphatic hydroxyl groups is 3. The molecule has 3 aliphatic heterocycles. The minimum absolute atomic E-state index is 0.0876. The number of rotatable bonds is 26. The average Bonchev–Trinajstić information content (AvgIpc) is 1.64. The zero-order chi connectivity index (χ0) is 67.2. The first-order chi connectivity index (χ1) is 47.4. The number of aliphatic hydroxyl groups excluding tert-OH is 3. The van der Waals surface area contributed by atoms with Crippen LogP contribution >= 0.6 is 0 Å². The van der Waals surface area contributed by atoms with Gasteiger partial charge in [-0.3, -0.25) is 37.9 Å². The molecule has 28 nitrogen and oxygen atoms in total. The number of β-amino-alcohol motifs (C(OH)–C–C–N with tert-alkyl or cyclic N) is 2. The van der Waals surface area contributed by atoms with Gasteiger partial charge >= 0.3 is 0 Å². The van der Waals surface area contributed by atoms with Crippen LogP contribution in [0.1, 0.15) is 105 Å². The molecule has 0 amide bonds. The minimum atomic E-state index is -0.501. The second kappa shape index (κ2) is 29.7. The van der Waals surface area contributed by atoms with E-state index in [1.54, 1.807) is 42.8 Å². The predicted molar refractivity (Wildman–Crippen MR) is 366 cm³/mol. The van der Waals surface area contributed by atoms with Gasteiger partial charge in [0.2, 0.25) is 0 Å². The molecule has 15 rings (SSSR count). The Morgan fingerprint density at radius 3 is 1.32 bits per heavy atom. The van der Waals surface area contributed by atoms with E-state index in [-0.39, 0.29) is 24.2 Å². The van der Waals surface area contributed by atoms with E-state index in [1.165, 1.54) is 0 Å². The first-order valence-corrected chi connectivity index (χ1v) is 34.1. The first kappa shape index (κ1) is 66.5. The van der Waals surface area contributed by atoms with Gasteiger partial charge in [0.25, 0.3) is 0 Å². The highest BCUT2D eigenvalue weighted by molar-refractivity contribution is 5.80. The van der Waals surface area contributed by atoms with Crippen LogP contribution in [0.4, 0.5) is 0 Å². The quantitative estimate of drug-likeness (QED) is 0.0460. The maximum Gasteiger partial charge on any atom is 0.0999 e. The summed E-state index contributed by atoms with van der Waals surface area (Å²) in [6.45, 7) is 21.0. The van der Waals surface area contributed by atoms with Gasteiger partial charge in [0.1, 0.15) is 0 Å². The van der Waals surface area contributed by atoms with E-state index >= 15 is 0 Å². The van der Waals surface area contributed by atoms with E-state index in [4.69, 9.17) is 24.4 Å². The molecule has 15 heterocycles. The van der Waals surface area contributed by atoms with Crippen LogP contribution in [0.5, 0.6) is 0 Å². The highest BCUT2D eigenvalue weighted by Gasteiger charge is 2.39. The van der Waals surface area contributed by atoms with Crippen molar-refractivity contribution in [1.29, 1.82) is 0 Å². The summed E-state index contributed by atoms with van der Waals surface area (Å²) in [6, 6.07) is 7.05. The molecule has 3 fully saturated rings. The summed E-state index contributed by atoms with van der Waals surface area (Å²) in [5, 5.41) is 70.5. The van der Waals surface area contributed by atoms with Crippen LogP contribution in [0, 0.1) is 5.41 Å². The van der Waals surface area contributed by atoms with Crippen LogP contribution in [-0.2, 0) is 29.1 Å². The van der Waals surface area contributed by atoms with Gasteiger partial charge in [-0.1, -0.05) is 41.5 Å². The van der Waals surface area contributed by atoms with Gasteiger partial charge in [-0.25, -0.2) is 28.5 Å². The van der Waals surface area contributed by atoms with Crippen LogP contribution in [0.2, 0.25) is 0 Å². The highest BCUT2D eigenvalue weighted by Crippen LogP contribution is 2.34. The van der Waals surface area contributed by atoms with Crippen molar-refractivity contribution in [2.45, 2.75) is 143 Å². The normalized spacial score (nSPS) is 16.2. The molecule has 0 spiro atoms. The van der Waals surface area contributed by atoms with E-state index in [0.29, 0.717) is 51.0 Å². The summed E-state index contributed by atoms with van der Waals surface area (Å²) >= 11 is 0. The molecule has 0 aliphatic carbocycles. The molecule has 0 saturated carbocycles. The second-order valence-electron chi connectivity index (χ2n) is 25.9. The third-order valence-corrected chi connectivity index (χ3v) is 19.2. The van der Waals surface area contributed by atoms with Crippen molar-refractivity contribution in [3.8, 4) is 67.5 Å². The fourth-order valence-corrected chi connectivity index (χ4v) is 13.2. The van der Waals surface area contributed by atoms with Crippen LogP contribution in [-0.4, -0.2) is 212 Å². The average molecular weight is 1320 g/mol. The molecular weight excluding hydrogens is 1230 g/mol. The Morgan fingerprint density at radius 2 is 0.918 bits per heavy atom. The lowest BCUT2D eigenvalue weighted by Crippen LogP contribution is -2.54. The smallest absolute Gasteiger partial charge is 0.0999 e. The fraction of sp³-hybridized carbons (Fsp3) is 0.478. The van der Waals surface area contributed by atoms with Gasteiger partial charge in [-0.2, -0.15) is 45.9 Å². The van der Waals surface area contributed by atoms with E-state index in [9.17, 15) is 15.3 Å².